The van der Waals surface area contributed by atoms with E-state index in [9.17, 15) is 18.3 Å². The van der Waals surface area contributed by atoms with Gasteiger partial charge in [-0.2, -0.15) is 13.2 Å². The molecule has 2 fully saturated rings. The van der Waals surface area contributed by atoms with Crippen molar-refractivity contribution in [2.45, 2.75) is 64.1 Å². The van der Waals surface area contributed by atoms with Crippen molar-refractivity contribution in [2.75, 3.05) is 20.2 Å². The van der Waals surface area contributed by atoms with E-state index in [4.69, 9.17) is 14.0 Å². The highest BCUT2D eigenvalue weighted by Crippen LogP contribution is 2.39. The van der Waals surface area contributed by atoms with E-state index >= 15 is 0 Å². The Kier molecular flexibility index (Phi) is 6.31. The quantitative estimate of drug-likeness (QED) is 0.722. The molecule has 166 valence electrons. The number of β-amino-alcohol motifs (C(OH)–C–C–N with tert-alkyl or cyclic N) is 1. The molecule has 2 aliphatic rings. The Labute approximate surface area is 175 Å². The van der Waals surface area contributed by atoms with Crippen LogP contribution in [0.5, 0.6) is 5.75 Å². The number of methoxy groups -OCH3 is 1. The molecule has 5 nitrogen and oxygen atoms in total. The third-order valence-electron chi connectivity index (χ3n) is 6.10. The highest BCUT2D eigenvalue weighted by molar-refractivity contribution is 6.52. The van der Waals surface area contributed by atoms with E-state index in [2.05, 4.69) is 0 Å². The van der Waals surface area contributed by atoms with Crippen LogP contribution in [-0.4, -0.2) is 54.6 Å². The summed E-state index contributed by atoms with van der Waals surface area (Å²) in [6.45, 7) is 8.89. The molecule has 1 N–H and O–H groups in total. The number of aliphatic hydroxyl groups excluding tert-OH is 1. The summed E-state index contributed by atoms with van der Waals surface area (Å²) >= 11 is 0. The van der Waals surface area contributed by atoms with E-state index in [1.807, 2.05) is 32.6 Å². The summed E-state index contributed by atoms with van der Waals surface area (Å²) in [6.07, 6.45) is -2.98. The Hall–Kier alpha value is -1.55. The van der Waals surface area contributed by atoms with Crippen LogP contribution >= 0.6 is 0 Å². The lowest BCUT2D eigenvalue weighted by Crippen LogP contribution is -2.41. The van der Waals surface area contributed by atoms with E-state index in [0.29, 0.717) is 30.8 Å². The van der Waals surface area contributed by atoms with Crippen LogP contribution in [0.2, 0.25) is 0 Å². The van der Waals surface area contributed by atoms with Gasteiger partial charge < -0.3 is 19.2 Å². The zero-order chi connectivity index (χ0) is 22.3. The van der Waals surface area contributed by atoms with Gasteiger partial charge in [-0.25, -0.2) is 0 Å². The van der Waals surface area contributed by atoms with Gasteiger partial charge in [0.25, 0.3) is 0 Å². The van der Waals surface area contributed by atoms with E-state index < -0.39 is 36.2 Å². The maximum absolute atomic E-state index is 13.8. The molecule has 0 bridgehead atoms. The van der Waals surface area contributed by atoms with Crippen LogP contribution in [0.25, 0.3) is 6.08 Å². The Balaban J connectivity index is 1.90. The lowest BCUT2D eigenvalue weighted by atomic mass is 9.88. The van der Waals surface area contributed by atoms with Crippen LogP contribution in [0.1, 0.15) is 50.8 Å². The molecule has 0 amide bonds. The fraction of sp³-hybridized carbons (Fsp3) is 0.619. The number of aliphatic hydroxyl groups is 1. The summed E-state index contributed by atoms with van der Waals surface area (Å²) in [5, 5.41) is 9.69. The molecule has 0 spiro atoms. The summed E-state index contributed by atoms with van der Waals surface area (Å²) < 4.78 is 58.4. The van der Waals surface area contributed by atoms with Gasteiger partial charge in [0.05, 0.1) is 30.0 Å². The van der Waals surface area contributed by atoms with Crippen molar-refractivity contribution < 1.29 is 32.3 Å². The van der Waals surface area contributed by atoms with Crippen molar-refractivity contribution in [3.63, 3.8) is 0 Å². The fourth-order valence-corrected chi connectivity index (χ4v) is 3.68. The summed E-state index contributed by atoms with van der Waals surface area (Å²) in [6, 6.07) is 2.53. The van der Waals surface area contributed by atoms with E-state index in [0.717, 1.165) is 6.07 Å². The van der Waals surface area contributed by atoms with Crippen molar-refractivity contribution in [1.82, 2.24) is 4.90 Å². The number of nitrogens with zero attached hydrogens (tertiary/aromatic N) is 1. The number of rotatable bonds is 5. The van der Waals surface area contributed by atoms with E-state index in [1.165, 1.54) is 25.2 Å². The molecule has 3 rings (SSSR count). The van der Waals surface area contributed by atoms with Crippen molar-refractivity contribution in [3.05, 3.63) is 34.8 Å². The molecule has 2 aliphatic heterocycles. The van der Waals surface area contributed by atoms with Gasteiger partial charge >= 0.3 is 13.3 Å². The highest BCUT2D eigenvalue weighted by atomic mass is 19.4. The second-order valence-electron chi connectivity index (χ2n) is 8.91. The molecule has 0 saturated carbocycles. The molecule has 1 aromatic carbocycles. The fourth-order valence-electron chi connectivity index (χ4n) is 3.68. The van der Waals surface area contributed by atoms with Crippen LogP contribution in [0.4, 0.5) is 13.2 Å². The largest absolute Gasteiger partial charge is 0.496 e. The first-order chi connectivity index (χ1) is 13.8. The van der Waals surface area contributed by atoms with Crippen LogP contribution in [-0.2, 0) is 22.0 Å². The Morgan fingerprint density at radius 3 is 2.37 bits per heavy atom. The first-order valence-electron chi connectivity index (χ1n) is 10.0. The molecule has 0 radical (unpaired) electrons. The second-order valence-corrected chi connectivity index (χ2v) is 8.91. The van der Waals surface area contributed by atoms with Crippen LogP contribution in [0.15, 0.2) is 18.1 Å². The number of ether oxygens (including phenoxy) is 1. The standard InChI is InChI=1S/C21H29BF3NO4/c1-19(2)20(3,4)30-22(29-19)8-6-14-11-18(28-5)15(10-17(14)21(23,24)25)12-26-9-7-16(27)13-26/h6,8,10-11,16,27H,7,9,12-13H2,1-5H3/b8-6+/t16-/m1/s1. The average molecular weight is 427 g/mol. The first-order valence-corrected chi connectivity index (χ1v) is 10.0. The lowest BCUT2D eigenvalue weighted by molar-refractivity contribution is -0.137. The smallest absolute Gasteiger partial charge is 0.487 e. The number of hydrogen-bond donors (Lipinski definition) is 1. The second kappa shape index (κ2) is 8.18. The molecule has 2 saturated heterocycles. The number of likely N-dealkylation sites (tertiary alicyclic amines) is 1. The summed E-state index contributed by atoms with van der Waals surface area (Å²) in [4.78, 5) is 1.92. The number of hydrogen-bond acceptors (Lipinski definition) is 5. The average Bonchev–Trinajstić information content (AvgIpc) is 3.11. The monoisotopic (exact) mass is 427 g/mol. The van der Waals surface area contributed by atoms with E-state index in [-0.39, 0.29) is 12.1 Å². The maximum atomic E-state index is 13.8. The Morgan fingerprint density at radius 2 is 1.87 bits per heavy atom. The normalized spacial score (nSPS) is 24.2. The van der Waals surface area contributed by atoms with Crippen LogP contribution < -0.4 is 4.74 Å². The zero-order valence-corrected chi connectivity index (χ0v) is 18.0. The Bertz CT molecular complexity index is 794. The third kappa shape index (κ3) is 4.85. The van der Waals surface area contributed by atoms with Crippen molar-refractivity contribution in [1.29, 1.82) is 0 Å². The zero-order valence-electron chi connectivity index (χ0n) is 18.0. The minimum Gasteiger partial charge on any atom is -0.496 e. The van der Waals surface area contributed by atoms with Gasteiger partial charge in [0.15, 0.2) is 0 Å². The SMILES string of the molecule is COc1cc(/C=C/B2OC(C)(C)C(C)(C)O2)c(C(F)(F)F)cc1CN1CC[C@@H](O)C1. The summed E-state index contributed by atoms with van der Waals surface area (Å²) in [5.74, 6) is 1.87. The van der Waals surface area contributed by atoms with Crippen molar-refractivity contribution >= 4 is 13.2 Å². The molecule has 1 aromatic rings. The molecule has 2 heterocycles. The highest BCUT2D eigenvalue weighted by Gasteiger charge is 2.50. The lowest BCUT2D eigenvalue weighted by Gasteiger charge is -2.32. The van der Waals surface area contributed by atoms with Crippen LogP contribution in [0.3, 0.4) is 0 Å². The number of alkyl halides is 3. The van der Waals surface area contributed by atoms with Gasteiger partial charge in [-0.3, -0.25) is 4.90 Å². The first kappa shape index (κ1) is 23.1. The summed E-state index contributed by atoms with van der Waals surface area (Å²) in [7, 11) is 0.694. The maximum Gasteiger partial charge on any atom is 0.487 e. The topological polar surface area (TPSA) is 51.2 Å². The number of benzene rings is 1. The Morgan fingerprint density at radius 1 is 1.23 bits per heavy atom. The van der Waals surface area contributed by atoms with Gasteiger partial charge in [-0.15, -0.1) is 0 Å². The van der Waals surface area contributed by atoms with Crippen molar-refractivity contribution in [2.24, 2.45) is 0 Å². The minimum atomic E-state index is -4.53. The van der Waals surface area contributed by atoms with Gasteiger partial charge in [0.2, 0.25) is 0 Å². The molecule has 9 heteroatoms. The summed E-state index contributed by atoms with van der Waals surface area (Å²) in [5.41, 5.74) is -1.47. The minimum absolute atomic E-state index is 0.0146. The molecule has 30 heavy (non-hydrogen) atoms. The van der Waals surface area contributed by atoms with Gasteiger partial charge in [-0.05, 0) is 51.8 Å². The van der Waals surface area contributed by atoms with Crippen molar-refractivity contribution in [3.8, 4) is 5.75 Å². The predicted octanol–water partition coefficient (Wildman–Crippen LogP) is 3.93. The van der Waals surface area contributed by atoms with E-state index in [1.54, 1.807) is 0 Å². The molecule has 1 atom stereocenters. The molecule has 0 unspecified atom stereocenters. The third-order valence-corrected chi connectivity index (χ3v) is 6.10. The van der Waals surface area contributed by atoms with Gasteiger partial charge in [-0.1, -0.05) is 12.1 Å². The molecule has 0 aliphatic carbocycles. The molecular weight excluding hydrogens is 398 g/mol. The van der Waals surface area contributed by atoms with Gasteiger partial charge in [0, 0.05) is 25.2 Å². The molecular formula is C21H29BF3NO4. The van der Waals surface area contributed by atoms with Crippen LogP contribution in [0, 0.1) is 0 Å². The molecule has 0 aromatic heterocycles. The predicted molar refractivity (Wildman–Crippen MR) is 109 cm³/mol. The number of halogens is 3. The van der Waals surface area contributed by atoms with Gasteiger partial charge in [0.1, 0.15) is 5.75 Å².